The highest BCUT2D eigenvalue weighted by Gasteiger charge is 2.30. The standard InChI is InChI=1S/C19H20BrFN2O/c1-12(15-10-22-11-15)19(24)23-18(13-4-2-6-16(20)8-13)14-5-3-7-17(21)9-14/h2-9,12,15,18,22H,10-11H2,1H3,(H,23,24). The van der Waals surface area contributed by atoms with Gasteiger partial charge in [0.1, 0.15) is 5.82 Å². The zero-order valence-electron chi connectivity index (χ0n) is 13.4. The van der Waals surface area contributed by atoms with Crippen LogP contribution in [-0.2, 0) is 4.79 Å². The average molecular weight is 391 g/mol. The molecule has 1 aliphatic rings. The molecule has 3 rings (SSSR count). The molecule has 126 valence electrons. The summed E-state index contributed by atoms with van der Waals surface area (Å²) in [7, 11) is 0. The molecule has 1 aliphatic heterocycles. The number of nitrogens with one attached hydrogen (secondary N) is 2. The highest BCUT2D eigenvalue weighted by Crippen LogP contribution is 2.26. The van der Waals surface area contributed by atoms with Gasteiger partial charge in [-0.05, 0) is 54.4 Å². The fourth-order valence-corrected chi connectivity index (χ4v) is 3.30. The molecule has 1 saturated heterocycles. The fourth-order valence-electron chi connectivity index (χ4n) is 2.88. The molecule has 0 aliphatic carbocycles. The number of amides is 1. The maximum Gasteiger partial charge on any atom is 0.223 e. The second-order valence-electron chi connectivity index (χ2n) is 6.26. The van der Waals surface area contributed by atoms with Crippen molar-refractivity contribution < 1.29 is 9.18 Å². The van der Waals surface area contributed by atoms with Crippen LogP contribution in [0.4, 0.5) is 4.39 Å². The molecule has 1 heterocycles. The summed E-state index contributed by atoms with van der Waals surface area (Å²) in [6, 6.07) is 13.7. The van der Waals surface area contributed by atoms with Gasteiger partial charge in [0.2, 0.25) is 5.91 Å². The predicted molar refractivity (Wildman–Crippen MR) is 96.1 cm³/mol. The van der Waals surface area contributed by atoms with E-state index in [1.807, 2.05) is 37.3 Å². The van der Waals surface area contributed by atoms with E-state index in [-0.39, 0.29) is 23.7 Å². The fraction of sp³-hybridized carbons (Fsp3) is 0.316. The Kier molecular flexibility index (Phi) is 5.31. The molecule has 0 saturated carbocycles. The average Bonchev–Trinajstić information content (AvgIpc) is 2.50. The van der Waals surface area contributed by atoms with Crippen LogP contribution in [0.3, 0.4) is 0 Å². The van der Waals surface area contributed by atoms with Crippen molar-refractivity contribution in [2.75, 3.05) is 13.1 Å². The quantitative estimate of drug-likeness (QED) is 0.817. The lowest BCUT2D eigenvalue weighted by molar-refractivity contribution is -0.127. The van der Waals surface area contributed by atoms with E-state index in [1.54, 1.807) is 6.07 Å². The third-order valence-electron chi connectivity index (χ3n) is 4.58. The number of halogens is 2. The minimum absolute atomic E-state index is 0.00395. The number of rotatable bonds is 5. The lowest BCUT2D eigenvalue weighted by Crippen LogP contribution is -2.50. The minimum Gasteiger partial charge on any atom is -0.345 e. The van der Waals surface area contributed by atoms with E-state index in [9.17, 15) is 9.18 Å². The molecule has 1 amide bonds. The topological polar surface area (TPSA) is 41.1 Å². The summed E-state index contributed by atoms with van der Waals surface area (Å²) in [6.45, 7) is 3.69. The summed E-state index contributed by atoms with van der Waals surface area (Å²) < 4.78 is 14.6. The van der Waals surface area contributed by atoms with Crippen molar-refractivity contribution in [1.29, 1.82) is 0 Å². The van der Waals surface area contributed by atoms with Gasteiger partial charge in [-0.3, -0.25) is 4.79 Å². The van der Waals surface area contributed by atoms with Gasteiger partial charge in [0.25, 0.3) is 0 Å². The first-order valence-electron chi connectivity index (χ1n) is 8.06. The summed E-state index contributed by atoms with van der Waals surface area (Å²) in [4.78, 5) is 12.7. The molecule has 5 heteroatoms. The van der Waals surface area contributed by atoms with Gasteiger partial charge in [-0.2, -0.15) is 0 Å². The monoisotopic (exact) mass is 390 g/mol. The summed E-state index contributed by atoms with van der Waals surface area (Å²) in [5.74, 6) is -0.0242. The maximum absolute atomic E-state index is 13.7. The van der Waals surface area contributed by atoms with Crippen molar-refractivity contribution in [3.63, 3.8) is 0 Å². The Morgan fingerprint density at radius 1 is 1.21 bits per heavy atom. The lowest BCUT2D eigenvalue weighted by atomic mass is 9.87. The molecule has 2 N–H and O–H groups in total. The number of carbonyl (C=O) groups excluding carboxylic acids is 1. The third-order valence-corrected chi connectivity index (χ3v) is 5.08. The van der Waals surface area contributed by atoms with E-state index in [0.29, 0.717) is 5.92 Å². The van der Waals surface area contributed by atoms with E-state index < -0.39 is 0 Å². The largest absolute Gasteiger partial charge is 0.345 e. The smallest absolute Gasteiger partial charge is 0.223 e. The molecule has 2 unspecified atom stereocenters. The SMILES string of the molecule is CC(C(=O)NC(c1cccc(F)c1)c1cccc(Br)c1)C1CNC1. The van der Waals surface area contributed by atoms with Gasteiger partial charge in [-0.1, -0.05) is 47.1 Å². The summed E-state index contributed by atoms with van der Waals surface area (Å²) in [5.41, 5.74) is 1.66. The van der Waals surface area contributed by atoms with Crippen LogP contribution in [-0.4, -0.2) is 19.0 Å². The van der Waals surface area contributed by atoms with Crippen molar-refractivity contribution in [2.24, 2.45) is 11.8 Å². The van der Waals surface area contributed by atoms with Crippen molar-refractivity contribution in [1.82, 2.24) is 10.6 Å². The first-order valence-corrected chi connectivity index (χ1v) is 8.86. The van der Waals surface area contributed by atoms with E-state index in [0.717, 1.165) is 28.7 Å². The molecule has 1 fully saturated rings. The molecule has 2 aromatic rings. The van der Waals surface area contributed by atoms with Gasteiger partial charge < -0.3 is 10.6 Å². The van der Waals surface area contributed by atoms with Crippen LogP contribution >= 0.6 is 15.9 Å². The van der Waals surface area contributed by atoms with E-state index >= 15 is 0 Å². The van der Waals surface area contributed by atoms with E-state index in [1.165, 1.54) is 12.1 Å². The van der Waals surface area contributed by atoms with Crippen LogP contribution in [0.5, 0.6) is 0 Å². The summed E-state index contributed by atoms with van der Waals surface area (Å²) in [6.07, 6.45) is 0. The lowest BCUT2D eigenvalue weighted by Gasteiger charge is -2.33. The highest BCUT2D eigenvalue weighted by atomic mass is 79.9. The molecular weight excluding hydrogens is 371 g/mol. The Bertz CT molecular complexity index is 687. The second-order valence-corrected chi connectivity index (χ2v) is 7.17. The van der Waals surface area contributed by atoms with E-state index in [2.05, 4.69) is 26.6 Å². The number of hydrogen-bond acceptors (Lipinski definition) is 2. The molecular formula is C19H20BrFN2O. The Hall–Kier alpha value is -1.72. The van der Waals surface area contributed by atoms with Crippen molar-refractivity contribution in [2.45, 2.75) is 13.0 Å². The normalized spacial score (nSPS) is 17.0. The van der Waals surface area contributed by atoms with Crippen molar-refractivity contribution in [3.05, 3.63) is 69.9 Å². The first-order chi connectivity index (χ1) is 11.5. The molecule has 2 aromatic carbocycles. The molecule has 3 nitrogen and oxygen atoms in total. The summed E-state index contributed by atoms with van der Waals surface area (Å²) in [5, 5.41) is 6.29. The molecule has 0 spiro atoms. The zero-order chi connectivity index (χ0) is 17.1. The Morgan fingerprint density at radius 3 is 2.46 bits per heavy atom. The first kappa shape index (κ1) is 17.1. The van der Waals surface area contributed by atoms with Gasteiger partial charge in [-0.15, -0.1) is 0 Å². The number of hydrogen-bond donors (Lipinski definition) is 2. The van der Waals surface area contributed by atoms with Gasteiger partial charge >= 0.3 is 0 Å². The van der Waals surface area contributed by atoms with E-state index in [4.69, 9.17) is 0 Å². The molecule has 0 aromatic heterocycles. The molecule has 0 bridgehead atoms. The van der Waals surface area contributed by atoms with Crippen LogP contribution < -0.4 is 10.6 Å². The van der Waals surface area contributed by atoms with Crippen molar-refractivity contribution in [3.8, 4) is 0 Å². The predicted octanol–water partition coefficient (Wildman–Crippen LogP) is 3.65. The van der Waals surface area contributed by atoms with Gasteiger partial charge in [0, 0.05) is 10.4 Å². The van der Waals surface area contributed by atoms with Gasteiger partial charge in [0.15, 0.2) is 0 Å². The molecule has 2 atom stereocenters. The highest BCUT2D eigenvalue weighted by molar-refractivity contribution is 9.10. The summed E-state index contributed by atoms with van der Waals surface area (Å²) >= 11 is 3.46. The Morgan fingerprint density at radius 2 is 1.88 bits per heavy atom. The molecule has 0 radical (unpaired) electrons. The molecule has 24 heavy (non-hydrogen) atoms. The van der Waals surface area contributed by atoms with Crippen LogP contribution in [0, 0.1) is 17.7 Å². The third kappa shape index (κ3) is 3.84. The van der Waals surface area contributed by atoms with Crippen LogP contribution in [0.1, 0.15) is 24.1 Å². The van der Waals surface area contributed by atoms with Crippen LogP contribution in [0.25, 0.3) is 0 Å². The maximum atomic E-state index is 13.7. The van der Waals surface area contributed by atoms with Crippen LogP contribution in [0.15, 0.2) is 53.0 Å². The van der Waals surface area contributed by atoms with Crippen LogP contribution in [0.2, 0.25) is 0 Å². The Balaban J connectivity index is 1.88. The Labute approximate surface area is 149 Å². The van der Waals surface area contributed by atoms with Gasteiger partial charge in [0.05, 0.1) is 6.04 Å². The number of benzene rings is 2. The van der Waals surface area contributed by atoms with Gasteiger partial charge in [-0.25, -0.2) is 4.39 Å². The zero-order valence-corrected chi connectivity index (χ0v) is 15.0. The van der Waals surface area contributed by atoms with Crippen molar-refractivity contribution >= 4 is 21.8 Å². The number of carbonyl (C=O) groups is 1. The minimum atomic E-state index is -0.374. The second kappa shape index (κ2) is 7.45.